The van der Waals surface area contributed by atoms with Crippen molar-refractivity contribution in [2.45, 2.75) is 57.5 Å². The van der Waals surface area contributed by atoms with E-state index in [9.17, 15) is 0 Å². The minimum absolute atomic E-state index is 0.790. The molecule has 1 N–H and O–H groups in total. The van der Waals surface area contributed by atoms with Crippen LogP contribution in [0.1, 0.15) is 44.2 Å². The van der Waals surface area contributed by atoms with Crippen LogP contribution in [0.3, 0.4) is 0 Å². The molecule has 1 aliphatic carbocycles. The summed E-state index contributed by atoms with van der Waals surface area (Å²) in [7, 11) is 0. The van der Waals surface area contributed by atoms with Crippen LogP contribution in [-0.2, 0) is 6.54 Å². The molecule has 1 unspecified atom stereocenters. The lowest BCUT2D eigenvalue weighted by Gasteiger charge is -2.13. The summed E-state index contributed by atoms with van der Waals surface area (Å²) < 4.78 is 0. The first-order valence-corrected chi connectivity index (χ1v) is 8.13. The third-order valence-electron chi connectivity index (χ3n) is 3.59. The Morgan fingerprint density at radius 2 is 2.17 bits per heavy atom. The number of hydrogen-bond acceptors (Lipinski definition) is 2. The van der Waals surface area contributed by atoms with Crippen LogP contribution in [0.25, 0.3) is 0 Å². The summed E-state index contributed by atoms with van der Waals surface area (Å²) >= 11 is 2.02. The highest BCUT2D eigenvalue weighted by Gasteiger charge is 2.20. The second-order valence-corrected chi connectivity index (χ2v) is 6.65. The van der Waals surface area contributed by atoms with Gasteiger partial charge in [-0.15, -0.1) is 11.8 Å². The number of aryl methyl sites for hydroxylation is 1. The molecule has 2 rings (SSSR count). The van der Waals surface area contributed by atoms with Crippen LogP contribution in [-0.4, -0.2) is 11.8 Å². The van der Waals surface area contributed by atoms with Crippen molar-refractivity contribution in [1.29, 1.82) is 0 Å². The minimum Gasteiger partial charge on any atom is -0.310 e. The second kappa shape index (κ2) is 6.63. The molecule has 18 heavy (non-hydrogen) atoms. The van der Waals surface area contributed by atoms with E-state index >= 15 is 0 Å². The van der Waals surface area contributed by atoms with Gasteiger partial charge in [0.25, 0.3) is 0 Å². The molecule has 0 aromatic heterocycles. The number of rotatable bonds is 7. The zero-order chi connectivity index (χ0) is 13.0. The van der Waals surface area contributed by atoms with Gasteiger partial charge < -0.3 is 5.32 Å². The lowest BCUT2D eigenvalue weighted by Crippen LogP contribution is -2.16. The molecule has 0 amide bonds. The van der Waals surface area contributed by atoms with Gasteiger partial charge in [0.1, 0.15) is 0 Å². The summed E-state index contributed by atoms with van der Waals surface area (Å²) in [6.45, 7) is 7.83. The Bertz CT molecular complexity index is 385. The van der Waals surface area contributed by atoms with Gasteiger partial charge in [0.2, 0.25) is 0 Å². The van der Waals surface area contributed by atoms with Crippen LogP contribution < -0.4 is 5.32 Å². The van der Waals surface area contributed by atoms with E-state index < -0.39 is 0 Å². The average molecular weight is 263 g/mol. The van der Waals surface area contributed by atoms with E-state index in [0.717, 1.165) is 18.5 Å². The quantitative estimate of drug-likeness (QED) is 0.732. The predicted octanol–water partition coefficient (Wildman–Crippen LogP) is 4.39. The second-order valence-electron chi connectivity index (χ2n) is 5.59. The van der Waals surface area contributed by atoms with Crippen molar-refractivity contribution in [3.8, 4) is 0 Å². The van der Waals surface area contributed by atoms with Gasteiger partial charge in [-0.25, -0.2) is 0 Å². The molecule has 1 aromatic carbocycles. The summed E-state index contributed by atoms with van der Waals surface area (Å²) in [5, 5.41) is 3.63. The molecule has 2 heteroatoms. The van der Waals surface area contributed by atoms with Crippen LogP contribution in [0, 0.1) is 12.8 Å². The molecule has 1 aromatic rings. The summed E-state index contributed by atoms with van der Waals surface area (Å²) in [4.78, 5) is 1.47. The fourth-order valence-electron chi connectivity index (χ4n) is 1.88. The maximum Gasteiger partial charge on any atom is 0.0219 e. The number of nitrogens with one attached hydrogen (secondary N) is 1. The smallest absolute Gasteiger partial charge is 0.0219 e. The van der Waals surface area contributed by atoms with Gasteiger partial charge in [-0.05, 0) is 37.3 Å². The number of thioether (sulfide) groups is 1. The standard InChI is InChI=1S/C16H25NS/c1-4-12(2)11-18-16-8-5-13(3)9-14(16)10-17-15-6-7-15/h5,8-9,12,15,17H,4,6-7,10-11H2,1-3H3. The van der Waals surface area contributed by atoms with E-state index in [-0.39, 0.29) is 0 Å². The maximum atomic E-state index is 3.63. The molecule has 0 saturated heterocycles. The van der Waals surface area contributed by atoms with Gasteiger partial charge in [-0.1, -0.05) is 38.0 Å². The minimum atomic E-state index is 0.790. The van der Waals surface area contributed by atoms with Gasteiger partial charge >= 0.3 is 0 Å². The van der Waals surface area contributed by atoms with Crippen LogP contribution in [0.15, 0.2) is 23.1 Å². The topological polar surface area (TPSA) is 12.0 Å². The Hall–Kier alpha value is -0.470. The third kappa shape index (κ3) is 4.33. The van der Waals surface area contributed by atoms with Crippen molar-refractivity contribution >= 4 is 11.8 Å². The lowest BCUT2D eigenvalue weighted by atomic mass is 10.1. The van der Waals surface area contributed by atoms with Crippen molar-refractivity contribution in [2.75, 3.05) is 5.75 Å². The first kappa shape index (κ1) is 14.0. The molecule has 1 fully saturated rings. The highest BCUT2D eigenvalue weighted by Crippen LogP contribution is 2.27. The summed E-state index contributed by atoms with van der Waals surface area (Å²) in [5.74, 6) is 2.04. The van der Waals surface area contributed by atoms with E-state index in [1.54, 1.807) is 0 Å². The highest BCUT2D eigenvalue weighted by molar-refractivity contribution is 7.99. The van der Waals surface area contributed by atoms with Gasteiger partial charge in [0.15, 0.2) is 0 Å². The molecule has 1 aliphatic rings. The van der Waals surface area contributed by atoms with Crippen LogP contribution in [0.4, 0.5) is 0 Å². The third-order valence-corrected chi connectivity index (χ3v) is 5.04. The Morgan fingerprint density at radius 3 is 2.83 bits per heavy atom. The lowest BCUT2D eigenvalue weighted by molar-refractivity contribution is 0.636. The monoisotopic (exact) mass is 263 g/mol. The molecule has 0 heterocycles. The van der Waals surface area contributed by atoms with E-state index in [2.05, 4.69) is 44.3 Å². The summed E-state index contributed by atoms with van der Waals surface area (Å²) in [5.41, 5.74) is 2.85. The van der Waals surface area contributed by atoms with E-state index in [4.69, 9.17) is 0 Å². The largest absolute Gasteiger partial charge is 0.310 e. The van der Waals surface area contributed by atoms with Crippen LogP contribution in [0.5, 0.6) is 0 Å². The summed E-state index contributed by atoms with van der Waals surface area (Å²) in [6, 6.07) is 7.66. The molecular weight excluding hydrogens is 238 g/mol. The van der Waals surface area contributed by atoms with E-state index in [1.807, 2.05) is 11.8 Å². The molecule has 1 nitrogen and oxygen atoms in total. The van der Waals surface area contributed by atoms with Crippen LogP contribution in [0.2, 0.25) is 0 Å². The fraction of sp³-hybridized carbons (Fsp3) is 0.625. The molecule has 1 saturated carbocycles. The molecule has 0 radical (unpaired) electrons. The molecule has 100 valence electrons. The SMILES string of the molecule is CCC(C)CSc1ccc(C)cc1CNC1CC1. The van der Waals surface area contributed by atoms with Crippen molar-refractivity contribution < 1.29 is 0 Å². The predicted molar refractivity (Wildman–Crippen MR) is 81.2 cm³/mol. The first-order valence-electron chi connectivity index (χ1n) is 7.14. The molecule has 1 atom stereocenters. The van der Waals surface area contributed by atoms with Gasteiger partial charge in [-0.3, -0.25) is 0 Å². The Kier molecular flexibility index (Phi) is 5.13. The zero-order valence-corrected chi connectivity index (χ0v) is 12.6. The van der Waals surface area contributed by atoms with Crippen molar-refractivity contribution in [2.24, 2.45) is 5.92 Å². The zero-order valence-electron chi connectivity index (χ0n) is 11.8. The van der Waals surface area contributed by atoms with E-state index in [0.29, 0.717) is 0 Å². The maximum absolute atomic E-state index is 3.63. The molecular formula is C16H25NS. The van der Waals surface area contributed by atoms with Crippen molar-refractivity contribution in [1.82, 2.24) is 5.32 Å². The van der Waals surface area contributed by atoms with Crippen LogP contribution >= 0.6 is 11.8 Å². The molecule has 0 bridgehead atoms. The normalized spacial score (nSPS) is 16.8. The number of benzene rings is 1. The highest BCUT2D eigenvalue weighted by atomic mass is 32.2. The number of hydrogen-bond donors (Lipinski definition) is 1. The van der Waals surface area contributed by atoms with Gasteiger partial charge in [-0.2, -0.15) is 0 Å². The Labute approximate surface area is 116 Å². The van der Waals surface area contributed by atoms with E-state index in [1.165, 1.54) is 41.0 Å². The Morgan fingerprint density at radius 1 is 1.39 bits per heavy atom. The van der Waals surface area contributed by atoms with Gasteiger partial charge in [0, 0.05) is 23.2 Å². The van der Waals surface area contributed by atoms with Gasteiger partial charge in [0.05, 0.1) is 0 Å². The molecule has 0 spiro atoms. The van der Waals surface area contributed by atoms with Crippen molar-refractivity contribution in [3.05, 3.63) is 29.3 Å². The first-order chi connectivity index (χ1) is 8.69. The summed E-state index contributed by atoms with van der Waals surface area (Å²) in [6.07, 6.45) is 4.00. The van der Waals surface area contributed by atoms with Crippen molar-refractivity contribution in [3.63, 3.8) is 0 Å². The fourth-order valence-corrected chi connectivity index (χ4v) is 3.06. The Balaban J connectivity index is 1.97. The molecule has 0 aliphatic heterocycles. The average Bonchev–Trinajstić information content (AvgIpc) is 3.18.